The molecule has 0 fully saturated rings. The number of phenolic OH excluding ortho intramolecular Hbond substituents is 1. The molecule has 1 amide bonds. The number of amides is 1. The summed E-state index contributed by atoms with van der Waals surface area (Å²) in [6.07, 6.45) is 0.146. The standard InChI is InChI=1S/C26H25NO5/c1-31-22-14-13-19-16-27(21(26(30)32-2)15-20(19)24(22)28)25(29)23(17-9-5-3-6-10-17)18-11-7-4-8-12-18/h3-14,21,23,28H,15-16H2,1-2H3/t21-/m0/s1. The molecule has 0 saturated heterocycles. The van der Waals surface area contributed by atoms with Gasteiger partial charge in [0.2, 0.25) is 5.91 Å². The van der Waals surface area contributed by atoms with Crippen molar-refractivity contribution >= 4 is 11.9 Å². The van der Waals surface area contributed by atoms with Crippen molar-refractivity contribution in [2.45, 2.75) is 24.9 Å². The van der Waals surface area contributed by atoms with Crippen LogP contribution in [0.15, 0.2) is 72.8 Å². The van der Waals surface area contributed by atoms with Gasteiger partial charge in [-0.3, -0.25) is 4.79 Å². The van der Waals surface area contributed by atoms with Crippen LogP contribution in [-0.2, 0) is 27.3 Å². The van der Waals surface area contributed by atoms with Gasteiger partial charge in [0.05, 0.1) is 20.1 Å². The smallest absolute Gasteiger partial charge is 0.328 e. The highest BCUT2D eigenvalue weighted by Crippen LogP contribution is 2.39. The third-order valence-electron chi connectivity index (χ3n) is 5.95. The molecule has 0 aromatic heterocycles. The van der Waals surface area contributed by atoms with Crippen molar-refractivity contribution in [3.8, 4) is 11.5 Å². The lowest BCUT2D eigenvalue weighted by molar-refractivity contribution is -0.154. The molecular weight excluding hydrogens is 406 g/mol. The van der Waals surface area contributed by atoms with Gasteiger partial charge in [0, 0.05) is 18.5 Å². The van der Waals surface area contributed by atoms with Crippen LogP contribution in [0.25, 0.3) is 0 Å². The van der Waals surface area contributed by atoms with Crippen molar-refractivity contribution in [2.24, 2.45) is 0 Å². The minimum atomic E-state index is -0.854. The summed E-state index contributed by atoms with van der Waals surface area (Å²) in [6, 6.07) is 21.7. The van der Waals surface area contributed by atoms with E-state index in [1.54, 1.807) is 11.0 Å². The Hall–Kier alpha value is -3.80. The molecular formula is C26H25NO5. The van der Waals surface area contributed by atoms with E-state index in [1.807, 2.05) is 66.7 Å². The topological polar surface area (TPSA) is 76.1 Å². The SMILES string of the molecule is COC(=O)[C@@H]1Cc2c(ccc(OC)c2O)CN1C(=O)C(c1ccccc1)c1ccccc1. The first-order chi connectivity index (χ1) is 15.5. The van der Waals surface area contributed by atoms with Crippen molar-refractivity contribution in [1.82, 2.24) is 4.90 Å². The van der Waals surface area contributed by atoms with E-state index in [1.165, 1.54) is 14.2 Å². The molecule has 1 heterocycles. The molecule has 0 spiro atoms. The average Bonchev–Trinajstić information content (AvgIpc) is 2.84. The Morgan fingerprint density at radius 2 is 1.53 bits per heavy atom. The van der Waals surface area contributed by atoms with E-state index >= 15 is 0 Å². The first-order valence-corrected chi connectivity index (χ1v) is 10.4. The average molecular weight is 431 g/mol. The molecule has 6 heteroatoms. The lowest BCUT2D eigenvalue weighted by Gasteiger charge is -2.37. The Labute approximate surface area is 187 Å². The Bertz CT molecular complexity index is 1070. The molecule has 164 valence electrons. The summed E-state index contributed by atoms with van der Waals surface area (Å²) in [5, 5.41) is 10.6. The minimum Gasteiger partial charge on any atom is -0.504 e. The van der Waals surface area contributed by atoms with Crippen LogP contribution in [0.1, 0.15) is 28.2 Å². The maximum Gasteiger partial charge on any atom is 0.328 e. The van der Waals surface area contributed by atoms with Gasteiger partial charge >= 0.3 is 5.97 Å². The number of phenols is 1. The van der Waals surface area contributed by atoms with E-state index in [2.05, 4.69) is 0 Å². The maximum atomic E-state index is 14.0. The monoisotopic (exact) mass is 431 g/mol. The predicted octanol–water partition coefficient (Wildman–Crippen LogP) is 3.66. The van der Waals surface area contributed by atoms with Crippen molar-refractivity contribution in [1.29, 1.82) is 0 Å². The molecule has 6 nitrogen and oxygen atoms in total. The van der Waals surface area contributed by atoms with Crippen molar-refractivity contribution < 1.29 is 24.2 Å². The summed E-state index contributed by atoms with van der Waals surface area (Å²) >= 11 is 0. The highest BCUT2D eigenvalue weighted by atomic mass is 16.5. The van der Waals surface area contributed by atoms with E-state index in [4.69, 9.17) is 9.47 Å². The number of esters is 1. The van der Waals surface area contributed by atoms with Crippen molar-refractivity contribution in [3.05, 3.63) is 95.1 Å². The molecule has 32 heavy (non-hydrogen) atoms. The number of aromatic hydroxyl groups is 1. The van der Waals surface area contributed by atoms with Crippen LogP contribution >= 0.6 is 0 Å². The van der Waals surface area contributed by atoms with E-state index in [9.17, 15) is 14.7 Å². The summed E-state index contributed by atoms with van der Waals surface area (Å²) < 4.78 is 10.2. The number of carbonyl (C=O) groups is 2. The van der Waals surface area contributed by atoms with Crippen LogP contribution in [0.4, 0.5) is 0 Å². The number of methoxy groups -OCH3 is 2. The van der Waals surface area contributed by atoms with E-state index < -0.39 is 17.9 Å². The largest absolute Gasteiger partial charge is 0.504 e. The van der Waals surface area contributed by atoms with Gasteiger partial charge in [-0.05, 0) is 22.8 Å². The zero-order valence-corrected chi connectivity index (χ0v) is 18.0. The molecule has 3 aromatic rings. The zero-order valence-electron chi connectivity index (χ0n) is 18.0. The number of carbonyl (C=O) groups excluding carboxylic acids is 2. The number of fused-ring (bicyclic) bond motifs is 1. The number of hydrogen-bond donors (Lipinski definition) is 1. The van der Waals surface area contributed by atoms with Crippen LogP contribution in [0.5, 0.6) is 11.5 Å². The summed E-state index contributed by atoms with van der Waals surface area (Å²) in [4.78, 5) is 28.3. The van der Waals surface area contributed by atoms with E-state index in [-0.39, 0.29) is 24.6 Å². The van der Waals surface area contributed by atoms with Crippen molar-refractivity contribution in [3.63, 3.8) is 0 Å². The number of rotatable bonds is 5. The molecule has 1 aliphatic rings. The Kier molecular flexibility index (Phi) is 6.12. The Morgan fingerprint density at radius 3 is 2.06 bits per heavy atom. The van der Waals surface area contributed by atoms with Gasteiger partial charge in [0.15, 0.2) is 11.5 Å². The lowest BCUT2D eigenvalue weighted by atomic mass is 9.87. The molecule has 4 rings (SSSR count). The molecule has 1 aliphatic heterocycles. The summed E-state index contributed by atoms with van der Waals surface area (Å²) in [6.45, 7) is 0.182. The van der Waals surface area contributed by atoms with Crippen molar-refractivity contribution in [2.75, 3.05) is 14.2 Å². The summed E-state index contributed by atoms with van der Waals surface area (Å²) in [5.41, 5.74) is 3.06. The van der Waals surface area contributed by atoms with Gasteiger partial charge < -0.3 is 19.5 Å². The van der Waals surface area contributed by atoms with E-state index in [0.717, 1.165) is 16.7 Å². The first-order valence-electron chi connectivity index (χ1n) is 10.4. The quantitative estimate of drug-likeness (QED) is 0.624. The van der Waals surface area contributed by atoms with Gasteiger partial charge in [0.1, 0.15) is 6.04 Å². The lowest BCUT2D eigenvalue weighted by Crippen LogP contribution is -2.50. The second kappa shape index (κ2) is 9.14. The Balaban J connectivity index is 1.79. The molecule has 3 aromatic carbocycles. The number of hydrogen-bond acceptors (Lipinski definition) is 5. The molecule has 0 radical (unpaired) electrons. The number of nitrogens with zero attached hydrogens (tertiary/aromatic N) is 1. The highest BCUT2D eigenvalue weighted by molar-refractivity contribution is 5.91. The van der Waals surface area contributed by atoms with Crippen LogP contribution < -0.4 is 4.74 Å². The molecule has 1 atom stereocenters. The summed E-state index contributed by atoms with van der Waals surface area (Å²) in [7, 11) is 2.78. The predicted molar refractivity (Wildman–Crippen MR) is 119 cm³/mol. The third-order valence-corrected chi connectivity index (χ3v) is 5.95. The van der Waals surface area contributed by atoms with Gasteiger partial charge in [-0.2, -0.15) is 0 Å². The molecule has 0 aliphatic carbocycles. The minimum absolute atomic E-state index is 0.00586. The summed E-state index contributed by atoms with van der Waals surface area (Å²) in [5.74, 6) is -0.963. The van der Waals surface area contributed by atoms with E-state index in [0.29, 0.717) is 11.3 Å². The molecule has 1 N–H and O–H groups in total. The highest BCUT2D eigenvalue weighted by Gasteiger charge is 2.40. The Morgan fingerprint density at radius 1 is 0.938 bits per heavy atom. The van der Waals surface area contributed by atoms with Crippen LogP contribution in [-0.4, -0.2) is 42.1 Å². The maximum absolute atomic E-state index is 14.0. The fraction of sp³-hybridized carbons (Fsp3) is 0.231. The second-order valence-electron chi connectivity index (χ2n) is 7.72. The molecule has 0 saturated carbocycles. The van der Waals surface area contributed by atoms with Crippen LogP contribution in [0, 0.1) is 0 Å². The van der Waals surface area contributed by atoms with Crippen LogP contribution in [0.2, 0.25) is 0 Å². The normalized spacial score (nSPS) is 15.2. The molecule has 0 unspecified atom stereocenters. The van der Waals surface area contributed by atoms with Gasteiger partial charge in [-0.25, -0.2) is 4.79 Å². The third kappa shape index (κ3) is 3.91. The first kappa shape index (κ1) is 21.4. The van der Waals surface area contributed by atoms with Gasteiger partial charge in [-0.15, -0.1) is 0 Å². The van der Waals surface area contributed by atoms with Crippen LogP contribution in [0.3, 0.4) is 0 Å². The second-order valence-corrected chi connectivity index (χ2v) is 7.72. The fourth-order valence-electron chi connectivity index (χ4n) is 4.31. The number of benzene rings is 3. The van der Waals surface area contributed by atoms with Gasteiger partial charge in [-0.1, -0.05) is 66.7 Å². The number of ether oxygens (including phenoxy) is 2. The fourth-order valence-corrected chi connectivity index (χ4v) is 4.31. The molecule has 0 bridgehead atoms. The zero-order chi connectivity index (χ0) is 22.7. The van der Waals surface area contributed by atoms with Gasteiger partial charge in [0.25, 0.3) is 0 Å².